The lowest BCUT2D eigenvalue weighted by molar-refractivity contribution is -0.154. The standard InChI is InChI=1S/C32H47N3O5S/c1-8-16-34(23-14-12-22(13-15-23)33(9-2)10-3)30(38)28-32-21(7)18-25(41-32)26(31(39)40-11-4)27(32)29(37)35(28)24(19-36)17-20(5)6/h8,12-15,20-21,24-28,36H,1,9-11,16-19H2,2-7H3/t21?,24-,25-,26+,27+,28?,32?/m1/s1. The van der Waals surface area contributed by atoms with Gasteiger partial charge in [-0.1, -0.05) is 26.8 Å². The number of amides is 2. The molecule has 3 saturated heterocycles. The molecule has 9 heteroatoms. The van der Waals surface area contributed by atoms with Crippen molar-refractivity contribution in [2.45, 2.75) is 76.5 Å². The summed E-state index contributed by atoms with van der Waals surface area (Å²) in [6.45, 7) is 18.1. The van der Waals surface area contributed by atoms with E-state index in [1.165, 1.54) is 0 Å². The van der Waals surface area contributed by atoms with Crippen LogP contribution in [-0.4, -0.2) is 82.7 Å². The maximum atomic E-state index is 14.9. The Morgan fingerprint density at radius 2 is 1.83 bits per heavy atom. The number of rotatable bonds is 13. The Kier molecular flexibility index (Phi) is 9.79. The molecule has 1 aromatic carbocycles. The van der Waals surface area contributed by atoms with Gasteiger partial charge in [0.25, 0.3) is 5.91 Å². The number of fused-ring (bicyclic) bond motifs is 1. The highest BCUT2D eigenvalue weighted by Crippen LogP contribution is 2.69. The number of likely N-dealkylation sites (tertiary alicyclic amines) is 1. The van der Waals surface area contributed by atoms with Crippen LogP contribution in [0.1, 0.15) is 54.4 Å². The number of anilines is 2. The van der Waals surface area contributed by atoms with Crippen LogP contribution in [0.25, 0.3) is 0 Å². The van der Waals surface area contributed by atoms with Crippen molar-refractivity contribution in [3.63, 3.8) is 0 Å². The topological polar surface area (TPSA) is 90.4 Å². The van der Waals surface area contributed by atoms with Gasteiger partial charge in [-0.05, 0) is 69.7 Å². The SMILES string of the molecule is C=CCN(C(=O)C1N([C@@H](CO)CC(C)C)C(=O)[C@@H]2[C@@H](C(=O)OCC)[C@H]3CC(C)C12S3)c1ccc(N(CC)CC)cc1. The molecule has 4 rings (SSSR count). The summed E-state index contributed by atoms with van der Waals surface area (Å²) in [5.41, 5.74) is 1.81. The summed E-state index contributed by atoms with van der Waals surface area (Å²) in [6.07, 6.45) is 3.00. The van der Waals surface area contributed by atoms with Crippen LogP contribution in [-0.2, 0) is 19.1 Å². The van der Waals surface area contributed by atoms with Crippen LogP contribution in [0, 0.1) is 23.7 Å². The second kappa shape index (κ2) is 12.8. The molecule has 0 aromatic heterocycles. The van der Waals surface area contributed by atoms with E-state index in [4.69, 9.17) is 4.74 Å². The van der Waals surface area contributed by atoms with Gasteiger partial charge >= 0.3 is 5.97 Å². The maximum Gasteiger partial charge on any atom is 0.310 e. The number of thioether (sulfide) groups is 1. The highest BCUT2D eigenvalue weighted by molar-refractivity contribution is 8.02. The lowest BCUT2D eigenvalue weighted by atomic mass is 9.66. The van der Waals surface area contributed by atoms with Crippen LogP contribution in [0.15, 0.2) is 36.9 Å². The number of benzene rings is 1. The zero-order chi connectivity index (χ0) is 30.1. The molecule has 2 bridgehead atoms. The van der Waals surface area contributed by atoms with Gasteiger partial charge in [-0.15, -0.1) is 18.3 Å². The minimum absolute atomic E-state index is 0.0325. The Balaban J connectivity index is 1.82. The first-order chi connectivity index (χ1) is 19.6. The molecule has 3 aliphatic heterocycles. The molecule has 2 amide bonds. The number of aliphatic hydroxyl groups is 1. The summed E-state index contributed by atoms with van der Waals surface area (Å²) >= 11 is 1.63. The van der Waals surface area contributed by atoms with Crippen LogP contribution in [0.3, 0.4) is 0 Å². The first-order valence-electron chi connectivity index (χ1n) is 15.2. The summed E-state index contributed by atoms with van der Waals surface area (Å²) in [6, 6.07) is 6.61. The zero-order valence-electron chi connectivity index (χ0n) is 25.4. The fraction of sp³-hybridized carbons (Fsp3) is 0.656. The third kappa shape index (κ3) is 5.29. The third-order valence-corrected chi connectivity index (χ3v) is 11.3. The van der Waals surface area contributed by atoms with E-state index in [-0.39, 0.29) is 54.6 Å². The van der Waals surface area contributed by atoms with Crippen molar-refractivity contribution in [1.29, 1.82) is 0 Å². The Morgan fingerprint density at radius 3 is 2.37 bits per heavy atom. The van der Waals surface area contributed by atoms with E-state index in [1.807, 2.05) is 38.1 Å². The van der Waals surface area contributed by atoms with E-state index in [0.29, 0.717) is 6.42 Å². The molecule has 3 fully saturated rings. The number of ether oxygens (including phenoxy) is 1. The predicted molar refractivity (Wildman–Crippen MR) is 165 cm³/mol. The van der Waals surface area contributed by atoms with Crippen molar-refractivity contribution < 1.29 is 24.2 Å². The van der Waals surface area contributed by atoms with Crippen LogP contribution in [0.5, 0.6) is 0 Å². The van der Waals surface area contributed by atoms with Gasteiger partial charge in [0.05, 0.1) is 35.8 Å². The van der Waals surface area contributed by atoms with Gasteiger partial charge in [0.2, 0.25) is 5.91 Å². The molecule has 3 unspecified atom stereocenters. The predicted octanol–water partition coefficient (Wildman–Crippen LogP) is 4.36. The number of aliphatic hydroxyl groups excluding tert-OH is 1. The minimum Gasteiger partial charge on any atom is -0.466 e. The quantitative estimate of drug-likeness (QED) is 0.272. The van der Waals surface area contributed by atoms with Gasteiger partial charge in [0, 0.05) is 36.3 Å². The van der Waals surface area contributed by atoms with E-state index in [9.17, 15) is 19.5 Å². The molecule has 0 radical (unpaired) electrons. The van der Waals surface area contributed by atoms with Gasteiger partial charge in [0.1, 0.15) is 6.04 Å². The van der Waals surface area contributed by atoms with E-state index in [1.54, 1.807) is 34.6 Å². The summed E-state index contributed by atoms with van der Waals surface area (Å²) in [5, 5.41) is 10.5. The van der Waals surface area contributed by atoms with Gasteiger partial charge < -0.3 is 24.5 Å². The second-order valence-corrected chi connectivity index (χ2v) is 13.5. The molecular formula is C32H47N3O5S. The van der Waals surface area contributed by atoms with Crippen molar-refractivity contribution in [3.8, 4) is 0 Å². The van der Waals surface area contributed by atoms with Crippen LogP contribution >= 0.6 is 11.8 Å². The van der Waals surface area contributed by atoms with Gasteiger partial charge in [-0.2, -0.15) is 0 Å². The van der Waals surface area contributed by atoms with Crippen molar-refractivity contribution in [2.24, 2.45) is 23.7 Å². The molecule has 8 nitrogen and oxygen atoms in total. The Bertz CT molecular complexity index is 1120. The summed E-state index contributed by atoms with van der Waals surface area (Å²) in [7, 11) is 0. The Morgan fingerprint density at radius 1 is 1.20 bits per heavy atom. The minimum atomic E-state index is -0.817. The number of esters is 1. The van der Waals surface area contributed by atoms with Crippen molar-refractivity contribution in [1.82, 2.24) is 4.90 Å². The second-order valence-electron chi connectivity index (χ2n) is 11.9. The first kappa shape index (κ1) is 31.4. The lowest BCUT2D eigenvalue weighted by Gasteiger charge is -2.42. The monoisotopic (exact) mass is 585 g/mol. The van der Waals surface area contributed by atoms with E-state index >= 15 is 0 Å². The van der Waals surface area contributed by atoms with Crippen LogP contribution in [0.2, 0.25) is 0 Å². The highest BCUT2D eigenvalue weighted by Gasteiger charge is 2.77. The van der Waals surface area contributed by atoms with E-state index in [2.05, 4.69) is 32.3 Å². The molecule has 226 valence electrons. The third-order valence-electron chi connectivity index (χ3n) is 9.19. The molecule has 1 N–H and O–H groups in total. The summed E-state index contributed by atoms with van der Waals surface area (Å²) in [5.74, 6) is -1.78. The average Bonchev–Trinajstić information content (AvgIpc) is 3.55. The van der Waals surface area contributed by atoms with Crippen LogP contribution in [0.4, 0.5) is 11.4 Å². The van der Waals surface area contributed by atoms with Crippen molar-refractivity contribution in [2.75, 3.05) is 42.6 Å². The lowest BCUT2D eigenvalue weighted by Crippen LogP contribution is -2.59. The Labute approximate surface area is 249 Å². The Hall–Kier alpha value is -2.52. The number of carbonyl (C=O) groups excluding carboxylic acids is 3. The number of nitrogens with zero attached hydrogens (tertiary/aromatic N) is 3. The number of hydrogen-bond donors (Lipinski definition) is 1. The summed E-state index contributed by atoms with van der Waals surface area (Å²) < 4.78 is 4.69. The zero-order valence-corrected chi connectivity index (χ0v) is 26.2. The fourth-order valence-corrected chi connectivity index (χ4v) is 9.88. The molecular weight excluding hydrogens is 538 g/mol. The smallest absolute Gasteiger partial charge is 0.310 e. The first-order valence-corrected chi connectivity index (χ1v) is 16.0. The normalized spacial score (nSPS) is 29.0. The fourth-order valence-electron chi connectivity index (χ4n) is 7.49. The van der Waals surface area contributed by atoms with E-state index in [0.717, 1.165) is 30.9 Å². The van der Waals surface area contributed by atoms with Crippen molar-refractivity contribution in [3.05, 3.63) is 36.9 Å². The van der Waals surface area contributed by atoms with E-state index < -0.39 is 28.7 Å². The molecule has 0 saturated carbocycles. The molecule has 1 aromatic rings. The van der Waals surface area contributed by atoms with Crippen LogP contribution < -0.4 is 9.80 Å². The molecule has 0 aliphatic carbocycles. The van der Waals surface area contributed by atoms with Gasteiger partial charge in [-0.3, -0.25) is 14.4 Å². The average molecular weight is 586 g/mol. The maximum absolute atomic E-state index is 14.9. The highest BCUT2D eigenvalue weighted by atomic mass is 32.2. The molecule has 41 heavy (non-hydrogen) atoms. The van der Waals surface area contributed by atoms with Crippen molar-refractivity contribution >= 4 is 40.9 Å². The molecule has 1 spiro atoms. The molecule has 7 atom stereocenters. The molecule has 3 aliphatic rings. The number of hydrogen-bond acceptors (Lipinski definition) is 7. The largest absolute Gasteiger partial charge is 0.466 e. The van der Waals surface area contributed by atoms with Gasteiger partial charge in [0.15, 0.2) is 0 Å². The summed E-state index contributed by atoms with van der Waals surface area (Å²) in [4.78, 5) is 48.2. The van der Waals surface area contributed by atoms with Gasteiger partial charge in [-0.25, -0.2) is 0 Å². The molecule has 3 heterocycles. The number of carbonyl (C=O) groups is 3.